The number of aromatic nitrogens is 1. The number of carbonyl (C=O) groups is 4. The molecule has 2 fully saturated rings. The van der Waals surface area contributed by atoms with Crippen LogP contribution in [0.3, 0.4) is 0 Å². The van der Waals surface area contributed by atoms with E-state index in [4.69, 9.17) is 0 Å². The molecular formula is C31H34N4O4. The second-order valence-corrected chi connectivity index (χ2v) is 10.5. The van der Waals surface area contributed by atoms with Gasteiger partial charge < -0.3 is 15.5 Å². The third-order valence-electron chi connectivity index (χ3n) is 7.72. The van der Waals surface area contributed by atoms with Crippen LogP contribution in [0, 0.1) is 0 Å². The van der Waals surface area contributed by atoms with Gasteiger partial charge in [0, 0.05) is 24.4 Å². The summed E-state index contributed by atoms with van der Waals surface area (Å²) >= 11 is 0. The number of nitrogens with zero attached hydrogens (tertiary/aromatic N) is 2. The highest BCUT2D eigenvalue weighted by molar-refractivity contribution is 6.38. The number of para-hydroxylation sites is 1. The number of fused-ring (bicyclic) bond motifs is 1. The minimum Gasteiger partial charge on any atom is -0.347 e. The normalized spacial score (nSPS) is 18.5. The maximum atomic E-state index is 13.9. The van der Waals surface area contributed by atoms with Gasteiger partial charge in [-0.05, 0) is 43.4 Å². The van der Waals surface area contributed by atoms with E-state index in [2.05, 4.69) is 15.6 Å². The molecule has 2 atom stereocenters. The van der Waals surface area contributed by atoms with Gasteiger partial charge in [-0.25, -0.2) is 4.98 Å². The zero-order valence-corrected chi connectivity index (χ0v) is 22.0. The van der Waals surface area contributed by atoms with Crippen LogP contribution in [0.1, 0.15) is 61.0 Å². The van der Waals surface area contributed by atoms with Crippen molar-refractivity contribution >= 4 is 34.4 Å². The highest BCUT2D eigenvalue weighted by Crippen LogP contribution is 2.22. The molecule has 1 aliphatic carbocycles. The number of nitrogens with one attached hydrogen (secondary N) is 2. The van der Waals surface area contributed by atoms with Crippen LogP contribution in [0.5, 0.6) is 0 Å². The average Bonchev–Trinajstić information content (AvgIpc) is 3.47. The number of ketones is 1. The van der Waals surface area contributed by atoms with Gasteiger partial charge in [0.05, 0.1) is 5.52 Å². The third-order valence-corrected chi connectivity index (χ3v) is 7.72. The molecule has 1 aliphatic heterocycles. The summed E-state index contributed by atoms with van der Waals surface area (Å²) in [6.07, 6.45) is 6.29. The number of pyridine rings is 1. The van der Waals surface area contributed by atoms with Crippen molar-refractivity contribution in [3.05, 3.63) is 78.0 Å². The molecule has 1 saturated heterocycles. The highest BCUT2D eigenvalue weighted by atomic mass is 16.2. The van der Waals surface area contributed by atoms with E-state index < -0.39 is 29.7 Å². The van der Waals surface area contributed by atoms with Gasteiger partial charge in [0.1, 0.15) is 17.8 Å². The molecule has 8 nitrogen and oxygen atoms in total. The topological polar surface area (TPSA) is 108 Å². The number of carbonyl (C=O) groups excluding carboxylic acids is 4. The molecule has 1 aromatic heterocycles. The van der Waals surface area contributed by atoms with Gasteiger partial charge in [-0.2, -0.15) is 0 Å². The van der Waals surface area contributed by atoms with E-state index in [1.165, 1.54) is 4.90 Å². The van der Waals surface area contributed by atoms with Gasteiger partial charge in [-0.1, -0.05) is 73.9 Å². The minimum absolute atomic E-state index is 0.0142. The van der Waals surface area contributed by atoms with Gasteiger partial charge in [0.2, 0.25) is 11.7 Å². The van der Waals surface area contributed by atoms with Crippen LogP contribution >= 0.6 is 0 Å². The zero-order chi connectivity index (χ0) is 27.2. The fraction of sp³-hybridized carbons (Fsp3) is 0.387. The fourth-order valence-corrected chi connectivity index (χ4v) is 5.63. The lowest BCUT2D eigenvalue weighted by Crippen LogP contribution is -2.55. The summed E-state index contributed by atoms with van der Waals surface area (Å²) < 4.78 is 0. The lowest BCUT2D eigenvalue weighted by Gasteiger charge is -2.29. The Labute approximate surface area is 228 Å². The number of amides is 3. The molecular weight excluding hydrogens is 492 g/mol. The summed E-state index contributed by atoms with van der Waals surface area (Å²) in [5, 5.41) is 6.67. The van der Waals surface area contributed by atoms with Crippen molar-refractivity contribution in [3.63, 3.8) is 0 Å². The largest absolute Gasteiger partial charge is 0.347 e. The number of hydrogen-bond acceptors (Lipinski definition) is 5. The lowest BCUT2D eigenvalue weighted by molar-refractivity contribution is -0.145. The maximum Gasteiger partial charge on any atom is 0.289 e. The lowest BCUT2D eigenvalue weighted by atomic mass is 9.95. The van der Waals surface area contributed by atoms with Crippen molar-refractivity contribution in [1.82, 2.24) is 20.5 Å². The van der Waals surface area contributed by atoms with Crippen LogP contribution < -0.4 is 10.6 Å². The number of likely N-dealkylation sites (tertiary alicyclic amines) is 1. The summed E-state index contributed by atoms with van der Waals surface area (Å²) in [4.78, 5) is 59.1. The summed E-state index contributed by atoms with van der Waals surface area (Å²) in [5.41, 5.74) is 1.77. The molecule has 3 aromatic rings. The Hall–Kier alpha value is -4.07. The number of Topliss-reactive ketones (excluding diaryl/α,β-unsaturated/α-hetero) is 1. The first-order valence-corrected chi connectivity index (χ1v) is 13.9. The molecule has 8 heteroatoms. The Bertz CT molecular complexity index is 1350. The molecule has 202 valence electrons. The van der Waals surface area contributed by atoms with Gasteiger partial charge >= 0.3 is 0 Å². The van der Waals surface area contributed by atoms with Gasteiger partial charge in [0.15, 0.2) is 0 Å². The van der Waals surface area contributed by atoms with Crippen molar-refractivity contribution < 1.29 is 19.2 Å². The fourth-order valence-electron chi connectivity index (χ4n) is 5.63. The Morgan fingerprint density at radius 3 is 2.38 bits per heavy atom. The summed E-state index contributed by atoms with van der Waals surface area (Å²) in [5.74, 6) is -2.02. The molecule has 2 aromatic carbocycles. The van der Waals surface area contributed by atoms with Gasteiger partial charge in [0.25, 0.3) is 11.8 Å². The molecule has 2 heterocycles. The van der Waals surface area contributed by atoms with Crippen LogP contribution in [-0.2, 0) is 20.8 Å². The van der Waals surface area contributed by atoms with Crippen molar-refractivity contribution in [2.45, 2.75) is 69.5 Å². The second kappa shape index (κ2) is 12.2. The van der Waals surface area contributed by atoms with Crippen LogP contribution in [0.2, 0.25) is 0 Å². The minimum atomic E-state index is -0.914. The maximum absolute atomic E-state index is 13.9. The molecule has 0 bridgehead atoms. The highest BCUT2D eigenvalue weighted by Gasteiger charge is 2.40. The van der Waals surface area contributed by atoms with E-state index in [0.29, 0.717) is 24.9 Å². The van der Waals surface area contributed by atoms with E-state index in [1.807, 2.05) is 60.7 Å². The van der Waals surface area contributed by atoms with Crippen molar-refractivity contribution in [3.8, 4) is 0 Å². The van der Waals surface area contributed by atoms with Crippen molar-refractivity contribution in [2.75, 3.05) is 6.54 Å². The molecule has 0 spiro atoms. The van der Waals surface area contributed by atoms with E-state index in [1.54, 1.807) is 6.07 Å². The monoisotopic (exact) mass is 526 g/mol. The molecule has 0 unspecified atom stereocenters. The third kappa shape index (κ3) is 6.33. The standard InChI is InChI=1S/C31H34N4O4/c36-28(30(38)32-23-13-5-2-6-14-23)27-16-9-19-35(27)31(39)26(20-21-10-3-1-4-11-21)34-29(37)25-18-17-22-12-7-8-15-24(22)33-25/h1,3-4,7-8,10-12,15,17-18,23,26-27H,2,5-6,9,13-14,16,19-20H2,(H,32,38)(H,34,37)/t26-,27-/m0/s1. The quantitative estimate of drug-likeness (QED) is 0.436. The second-order valence-electron chi connectivity index (χ2n) is 10.5. The van der Waals surface area contributed by atoms with E-state index in [0.717, 1.165) is 43.1 Å². The molecule has 0 radical (unpaired) electrons. The first kappa shape index (κ1) is 26.5. The van der Waals surface area contributed by atoms with Crippen molar-refractivity contribution in [1.29, 1.82) is 0 Å². The van der Waals surface area contributed by atoms with E-state index in [9.17, 15) is 19.2 Å². The number of rotatable bonds is 8. The zero-order valence-electron chi connectivity index (χ0n) is 22.0. The Morgan fingerprint density at radius 1 is 0.846 bits per heavy atom. The molecule has 2 aliphatic rings. The van der Waals surface area contributed by atoms with Crippen LogP contribution in [0.4, 0.5) is 0 Å². The predicted molar refractivity (Wildman–Crippen MR) is 148 cm³/mol. The molecule has 39 heavy (non-hydrogen) atoms. The SMILES string of the molecule is O=C(NC1CCCCC1)C(=O)[C@@H]1CCCN1C(=O)[C@H](Cc1ccccc1)NC(=O)c1ccc2ccccc2n1. The smallest absolute Gasteiger partial charge is 0.289 e. The van der Waals surface area contributed by atoms with Crippen LogP contribution in [-0.4, -0.2) is 58.1 Å². The molecule has 5 rings (SSSR count). The Kier molecular flexibility index (Phi) is 8.30. The number of hydrogen-bond donors (Lipinski definition) is 2. The van der Waals surface area contributed by atoms with Gasteiger partial charge in [-0.3, -0.25) is 19.2 Å². The number of benzene rings is 2. The Balaban J connectivity index is 1.33. The Morgan fingerprint density at radius 2 is 1.59 bits per heavy atom. The predicted octanol–water partition coefficient (Wildman–Crippen LogP) is 3.58. The van der Waals surface area contributed by atoms with E-state index in [-0.39, 0.29) is 24.1 Å². The molecule has 3 amide bonds. The summed E-state index contributed by atoms with van der Waals surface area (Å²) in [6, 6.07) is 18.7. The van der Waals surface area contributed by atoms with Crippen molar-refractivity contribution in [2.24, 2.45) is 0 Å². The van der Waals surface area contributed by atoms with Crippen LogP contribution in [0.25, 0.3) is 10.9 Å². The van der Waals surface area contributed by atoms with Gasteiger partial charge in [-0.15, -0.1) is 0 Å². The first-order chi connectivity index (χ1) is 19.0. The average molecular weight is 527 g/mol. The molecule has 1 saturated carbocycles. The summed E-state index contributed by atoms with van der Waals surface area (Å²) in [6.45, 7) is 0.362. The summed E-state index contributed by atoms with van der Waals surface area (Å²) in [7, 11) is 0. The first-order valence-electron chi connectivity index (χ1n) is 13.9. The molecule has 2 N–H and O–H groups in total. The van der Waals surface area contributed by atoms with E-state index >= 15 is 0 Å². The van der Waals surface area contributed by atoms with Crippen LogP contribution in [0.15, 0.2) is 66.7 Å².